The minimum Gasteiger partial charge on any atom is -0.343 e. The number of nitrogens with zero attached hydrogens (tertiary/aromatic N) is 1. The Morgan fingerprint density at radius 2 is 1.55 bits per heavy atom. The van der Waals surface area contributed by atoms with E-state index >= 15 is 0 Å². The molecule has 0 aliphatic rings. The first-order valence-electron chi connectivity index (χ1n) is 6.84. The van der Waals surface area contributed by atoms with Gasteiger partial charge in [0.2, 0.25) is 5.91 Å². The van der Waals surface area contributed by atoms with E-state index in [1.54, 1.807) is 48.5 Å². The third-order valence-corrected chi connectivity index (χ3v) is 3.06. The molecule has 0 bridgehead atoms. The lowest BCUT2D eigenvalue weighted by atomic mass is 10.2. The van der Waals surface area contributed by atoms with E-state index in [1.165, 1.54) is 4.90 Å². The van der Waals surface area contributed by atoms with Gasteiger partial charge in [0, 0.05) is 11.3 Å². The van der Waals surface area contributed by atoms with Gasteiger partial charge in [-0.15, -0.1) is 0 Å². The molecular formula is C17H16N2O3. The lowest BCUT2D eigenvalue weighted by Crippen LogP contribution is -2.41. The first kappa shape index (κ1) is 15.4. The predicted octanol–water partition coefficient (Wildman–Crippen LogP) is 1.65. The Hall–Kier alpha value is -2.95. The fourth-order valence-electron chi connectivity index (χ4n) is 1.98. The van der Waals surface area contributed by atoms with Gasteiger partial charge in [0.15, 0.2) is 0 Å². The van der Waals surface area contributed by atoms with Crippen LogP contribution in [0.25, 0.3) is 0 Å². The van der Waals surface area contributed by atoms with Crippen molar-refractivity contribution < 1.29 is 14.4 Å². The van der Waals surface area contributed by atoms with Gasteiger partial charge in [-0.25, -0.2) is 0 Å². The molecule has 0 aliphatic heterocycles. The maximum absolute atomic E-state index is 12.2. The van der Waals surface area contributed by atoms with Gasteiger partial charge in [-0.05, 0) is 24.3 Å². The fourth-order valence-corrected chi connectivity index (χ4v) is 1.98. The Balaban J connectivity index is 2.00. The summed E-state index contributed by atoms with van der Waals surface area (Å²) in [6, 6.07) is 17.5. The smallest absolute Gasteiger partial charge is 0.251 e. The zero-order valence-electron chi connectivity index (χ0n) is 11.9. The molecule has 0 aliphatic carbocycles. The maximum Gasteiger partial charge on any atom is 0.251 e. The van der Waals surface area contributed by atoms with E-state index in [-0.39, 0.29) is 24.9 Å². The van der Waals surface area contributed by atoms with Gasteiger partial charge in [0.25, 0.3) is 5.91 Å². The van der Waals surface area contributed by atoms with Gasteiger partial charge in [-0.1, -0.05) is 36.4 Å². The van der Waals surface area contributed by atoms with E-state index in [4.69, 9.17) is 0 Å². The standard InChI is InChI=1S/C17H16N2O3/c20-12-11-19(15-9-5-2-6-10-15)16(21)13-18-17(22)14-7-3-1-4-8-14/h1-10,12H,11,13H2,(H,18,22). The van der Waals surface area contributed by atoms with Gasteiger partial charge < -0.3 is 15.0 Å². The van der Waals surface area contributed by atoms with Crippen LogP contribution in [0.15, 0.2) is 60.7 Å². The van der Waals surface area contributed by atoms with Crippen LogP contribution in [-0.4, -0.2) is 31.2 Å². The lowest BCUT2D eigenvalue weighted by molar-refractivity contribution is -0.119. The highest BCUT2D eigenvalue weighted by Gasteiger charge is 2.16. The number of benzene rings is 2. The number of para-hydroxylation sites is 1. The molecule has 2 amide bonds. The van der Waals surface area contributed by atoms with Crippen molar-refractivity contribution in [3.63, 3.8) is 0 Å². The number of anilines is 1. The Morgan fingerprint density at radius 1 is 0.955 bits per heavy atom. The predicted molar refractivity (Wildman–Crippen MR) is 83.6 cm³/mol. The second kappa shape index (κ2) is 7.73. The lowest BCUT2D eigenvalue weighted by Gasteiger charge is -2.20. The molecule has 2 rings (SSSR count). The van der Waals surface area contributed by atoms with Crippen LogP contribution in [0.2, 0.25) is 0 Å². The molecule has 0 saturated heterocycles. The monoisotopic (exact) mass is 296 g/mol. The molecule has 5 nitrogen and oxygen atoms in total. The van der Waals surface area contributed by atoms with Crippen molar-refractivity contribution in [1.29, 1.82) is 0 Å². The first-order chi connectivity index (χ1) is 10.7. The summed E-state index contributed by atoms with van der Waals surface area (Å²) in [5, 5.41) is 2.56. The number of hydrogen-bond donors (Lipinski definition) is 1. The van der Waals surface area contributed by atoms with Crippen molar-refractivity contribution >= 4 is 23.8 Å². The molecule has 2 aromatic rings. The van der Waals surface area contributed by atoms with Crippen molar-refractivity contribution in [2.75, 3.05) is 18.0 Å². The molecule has 0 heterocycles. The minimum absolute atomic E-state index is 0.0515. The highest BCUT2D eigenvalue weighted by Crippen LogP contribution is 2.12. The van der Waals surface area contributed by atoms with Gasteiger partial charge in [0.05, 0.1) is 13.1 Å². The minimum atomic E-state index is -0.345. The summed E-state index contributed by atoms with van der Waals surface area (Å²) >= 11 is 0. The highest BCUT2D eigenvalue weighted by atomic mass is 16.2. The number of aldehydes is 1. The third kappa shape index (κ3) is 4.02. The molecule has 0 unspecified atom stereocenters. The van der Waals surface area contributed by atoms with Crippen LogP contribution in [0.5, 0.6) is 0 Å². The molecule has 1 N–H and O–H groups in total. The van der Waals surface area contributed by atoms with Crippen molar-refractivity contribution in [2.24, 2.45) is 0 Å². The van der Waals surface area contributed by atoms with Crippen molar-refractivity contribution in [2.45, 2.75) is 0 Å². The molecule has 0 spiro atoms. The van der Waals surface area contributed by atoms with Crippen LogP contribution in [0, 0.1) is 0 Å². The maximum atomic E-state index is 12.2. The second-order valence-electron chi connectivity index (χ2n) is 4.56. The largest absolute Gasteiger partial charge is 0.343 e. The van der Waals surface area contributed by atoms with Gasteiger partial charge in [-0.3, -0.25) is 9.59 Å². The summed E-state index contributed by atoms with van der Waals surface area (Å²) in [5.74, 6) is -0.671. The van der Waals surface area contributed by atoms with Crippen LogP contribution in [0.4, 0.5) is 5.69 Å². The normalized spacial score (nSPS) is 9.82. The molecule has 5 heteroatoms. The van der Waals surface area contributed by atoms with Gasteiger partial charge >= 0.3 is 0 Å². The van der Waals surface area contributed by atoms with E-state index in [2.05, 4.69) is 5.32 Å². The Bertz CT molecular complexity index is 641. The number of nitrogens with one attached hydrogen (secondary N) is 1. The van der Waals surface area contributed by atoms with Crippen LogP contribution < -0.4 is 10.2 Å². The van der Waals surface area contributed by atoms with Crippen LogP contribution in [0.3, 0.4) is 0 Å². The molecule has 0 atom stereocenters. The first-order valence-corrected chi connectivity index (χ1v) is 6.84. The Kier molecular flexibility index (Phi) is 5.43. The van der Waals surface area contributed by atoms with Crippen molar-refractivity contribution in [3.05, 3.63) is 66.2 Å². The quantitative estimate of drug-likeness (QED) is 0.824. The molecule has 22 heavy (non-hydrogen) atoms. The van der Waals surface area contributed by atoms with Crippen LogP contribution in [-0.2, 0) is 9.59 Å². The van der Waals surface area contributed by atoms with E-state index in [1.807, 2.05) is 12.1 Å². The average Bonchev–Trinajstić information content (AvgIpc) is 2.58. The zero-order chi connectivity index (χ0) is 15.8. The van der Waals surface area contributed by atoms with E-state index in [9.17, 15) is 14.4 Å². The summed E-state index contributed by atoms with van der Waals surface area (Å²) in [4.78, 5) is 36.2. The summed E-state index contributed by atoms with van der Waals surface area (Å²) in [5.41, 5.74) is 1.10. The average molecular weight is 296 g/mol. The van der Waals surface area contributed by atoms with E-state index < -0.39 is 0 Å². The molecule has 0 fully saturated rings. The van der Waals surface area contributed by atoms with Crippen LogP contribution in [0.1, 0.15) is 10.4 Å². The summed E-state index contributed by atoms with van der Waals surface area (Å²) in [7, 11) is 0. The molecular weight excluding hydrogens is 280 g/mol. The topological polar surface area (TPSA) is 66.5 Å². The van der Waals surface area contributed by atoms with E-state index in [0.717, 1.165) is 0 Å². The summed E-state index contributed by atoms with van der Waals surface area (Å²) in [6.07, 6.45) is 0.657. The fraction of sp³-hybridized carbons (Fsp3) is 0.118. The highest BCUT2D eigenvalue weighted by molar-refractivity contribution is 6.01. The third-order valence-electron chi connectivity index (χ3n) is 3.06. The van der Waals surface area contributed by atoms with Gasteiger partial charge in [-0.2, -0.15) is 0 Å². The Morgan fingerprint density at radius 3 is 2.14 bits per heavy atom. The number of hydrogen-bond acceptors (Lipinski definition) is 3. The number of rotatable bonds is 6. The number of carbonyl (C=O) groups excluding carboxylic acids is 3. The SMILES string of the molecule is O=CCN(C(=O)CNC(=O)c1ccccc1)c1ccccc1. The Labute approximate surface area is 128 Å². The molecule has 0 aromatic heterocycles. The number of carbonyl (C=O) groups is 3. The summed E-state index contributed by atoms with van der Waals surface area (Å²) in [6.45, 7) is -0.222. The van der Waals surface area contributed by atoms with Crippen molar-refractivity contribution in [1.82, 2.24) is 5.32 Å². The zero-order valence-corrected chi connectivity index (χ0v) is 11.9. The molecule has 2 aromatic carbocycles. The summed E-state index contributed by atoms with van der Waals surface area (Å²) < 4.78 is 0. The second-order valence-corrected chi connectivity index (χ2v) is 4.56. The van der Waals surface area contributed by atoms with Crippen molar-refractivity contribution in [3.8, 4) is 0 Å². The number of amides is 2. The molecule has 112 valence electrons. The molecule has 0 radical (unpaired) electrons. The molecule has 0 saturated carbocycles. The van der Waals surface area contributed by atoms with Gasteiger partial charge in [0.1, 0.15) is 6.29 Å². The van der Waals surface area contributed by atoms with Crippen LogP contribution >= 0.6 is 0 Å². The van der Waals surface area contributed by atoms with E-state index in [0.29, 0.717) is 17.5 Å².